The van der Waals surface area contributed by atoms with Gasteiger partial charge >= 0.3 is 0 Å². The van der Waals surface area contributed by atoms with Crippen LogP contribution >= 0.6 is 11.8 Å². The zero-order chi connectivity index (χ0) is 20.6. The van der Waals surface area contributed by atoms with Crippen molar-refractivity contribution in [3.8, 4) is 17.1 Å². The van der Waals surface area contributed by atoms with Crippen LogP contribution in [0.4, 0.5) is 0 Å². The Morgan fingerprint density at radius 1 is 1.28 bits per heavy atom. The number of carbonyl (C=O) groups is 1. The van der Waals surface area contributed by atoms with E-state index in [4.69, 9.17) is 9.47 Å². The molecule has 1 aliphatic heterocycles. The Balaban J connectivity index is 1.67. The summed E-state index contributed by atoms with van der Waals surface area (Å²) in [7, 11) is 5.26. The Bertz CT molecular complexity index is 786. The molecule has 1 fully saturated rings. The fraction of sp³-hybridized carbons (Fsp3) is 0.571. The van der Waals surface area contributed by atoms with Crippen LogP contribution in [0.25, 0.3) is 11.4 Å². The predicted octanol–water partition coefficient (Wildman–Crippen LogP) is 3.48. The molecule has 7 nitrogen and oxygen atoms in total. The second-order valence-corrected chi connectivity index (χ2v) is 8.44. The van der Waals surface area contributed by atoms with Gasteiger partial charge in [0.25, 0.3) is 0 Å². The van der Waals surface area contributed by atoms with Gasteiger partial charge in [0.15, 0.2) is 11.0 Å². The molecule has 0 aliphatic carbocycles. The molecule has 0 bridgehead atoms. The Hall–Kier alpha value is -2.06. The zero-order valence-electron chi connectivity index (χ0n) is 17.5. The fourth-order valence-electron chi connectivity index (χ4n) is 3.27. The SMILES string of the molecule is COc1ccc(-c2nnc(SCCCCC(=O)N(C)C)n2CC2CCCO2)cc1. The van der Waals surface area contributed by atoms with Gasteiger partial charge in [-0.25, -0.2) is 0 Å². The lowest BCUT2D eigenvalue weighted by Gasteiger charge is -2.15. The van der Waals surface area contributed by atoms with Crippen molar-refractivity contribution < 1.29 is 14.3 Å². The van der Waals surface area contributed by atoms with E-state index in [2.05, 4.69) is 14.8 Å². The Morgan fingerprint density at radius 3 is 2.72 bits per heavy atom. The molecule has 2 heterocycles. The second kappa shape index (κ2) is 10.6. The van der Waals surface area contributed by atoms with Crippen molar-refractivity contribution >= 4 is 17.7 Å². The van der Waals surface area contributed by atoms with E-state index in [1.807, 2.05) is 24.3 Å². The molecule has 1 amide bonds. The van der Waals surface area contributed by atoms with E-state index < -0.39 is 0 Å². The van der Waals surface area contributed by atoms with Crippen LogP contribution in [0.2, 0.25) is 0 Å². The Morgan fingerprint density at radius 2 is 2.07 bits per heavy atom. The average molecular weight is 419 g/mol. The minimum Gasteiger partial charge on any atom is -0.497 e. The average Bonchev–Trinajstić information content (AvgIpc) is 3.38. The highest BCUT2D eigenvalue weighted by atomic mass is 32.2. The zero-order valence-corrected chi connectivity index (χ0v) is 18.3. The molecular weight excluding hydrogens is 388 g/mol. The van der Waals surface area contributed by atoms with Crippen molar-refractivity contribution in [2.24, 2.45) is 0 Å². The van der Waals surface area contributed by atoms with E-state index in [9.17, 15) is 4.79 Å². The van der Waals surface area contributed by atoms with Gasteiger partial charge in [-0.1, -0.05) is 11.8 Å². The van der Waals surface area contributed by atoms with Crippen LogP contribution in [0, 0.1) is 0 Å². The molecule has 0 radical (unpaired) electrons. The lowest BCUT2D eigenvalue weighted by atomic mass is 10.2. The largest absolute Gasteiger partial charge is 0.497 e. The number of methoxy groups -OCH3 is 1. The van der Waals surface area contributed by atoms with E-state index in [0.29, 0.717) is 6.42 Å². The summed E-state index contributed by atoms with van der Waals surface area (Å²) in [5.74, 6) is 2.76. The maximum Gasteiger partial charge on any atom is 0.222 e. The van der Waals surface area contributed by atoms with Gasteiger partial charge in [-0.3, -0.25) is 9.36 Å². The highest BCUT2D eigenvalue weighted by Crippen LogP contribution is 2.28. The molecule has 1 aromatic carbocycles. The maximum absolute atomic E-state index is 11.7. The van der Waals surface area contributed by atoms with Crippen LogP contribution in [0.3, 0.4) is 0 Å². The number of nitrogens with zero attached hydrogens (tertiary/aromatic N) is 4. The van der Waals surface area contributed by atoms with E-state index in [0.717, 1.165) is 66.9 Å². The van der Waals surface area contributed by atoms with Gasteiger partial charge in [-0.2, -0.15) is 0 Å². The minimum absolute atomic E-state index is 0.179. The highest BCUT2D eigenvalue weighted by Gasteiger charge is 2.21. The number of aromatic nitrogens is 3. The molecule has 0 spiro atoms. The van der Waals surface area contributed by atoms with Crippen LogP contribution in [0.1, 0.15) is 32.1 Å². The third-order valence-corrected chi connectivity index (χ3v) is 6.04. The highest BCUT2D eigenvalue weighted by molar-refractivity contribution is 7.99. The van der Waals surface area contributed by atoms with Crippen LogP contribution < -0.4 is 4.74 Å². The number of thioether (sulfide) groups is 1. The van der Waals surface area contributed by atoms with Gasteiger partial charge in [0, 0.05) is 38.4 Å². The van der Waals surface area contributed by atoms with Crippen molar-refractivity contribution in [3.05, 3.63) is 24.3 Å². The first kappa shape index (κ1) is 21.6. The number of hydrogen-bond acceptors (Lipinski definition) is 6. The monoisotopic (exact) mass is 418 g/mol. The Kier molecular flexibility index (Phi) is 7.94. The van der Waals surface area contributed by atoms with E-state index in [1.54, 1.807) is 37.9 Å². The van der Waals surface area contributed by atoms with Crippen LogP contribution in [0.15, 0.2) is 29.4 Å². The first-order valence-corrected chi connectivity index (χ1v) is 11.1. The normalized spacial score (nSPS) is 16.2. The topological polar surface area (TPSA) is 69.5 Å². The summed E-state index contributed by atoms with van der Waals surface area (Å²) in [5.41, 5.74) is 1.01. The molecule has 29 heavy (non-hydrogen) atoms. The molecule has 2 aromatic rings. The van der Waals surface area contributed by atoms with Crippen molar-refractivity contribution in [3.63, 3.8) is 0 Å². The molecule has 1 aliphatic rings. The molecule has 1 aromatic heterocycles. The Labute approximate surface area is 176 Å². The molecule has 3 rings (SSSR count). The molecule has 0 saturated carbocycles. The summed E-state index contributed by atoms with van der Waals surface area (Å²) in [6, 6.07) is 7.90. The molecule has 158 valence electrons. The van der Waals surface area contributed by atoms with E-state index in [1.165, 1.54) is 0 Å². The van der Waals surface area contributed by atoms with Crippen molar-refractivity contribution in [2.75, 3.05) is 33.6 Å². The summed E-state index contributed by atoms with van der Waals surface area (Å²) in [6.45, 7) is 1.59. The standard InChI is InChI=1S/C21H30N4O3S/c1-24(2)19(26)8-4-5-14-29-21-23-22-20(16-9-11-17(27-3)12-10-16)25(21)15-18-7-6-13-28-18/h9-12,18H,4-8,13-15H2,1-3H3. The number of amides is 1. The van der Waals surface area contributed by atoms with Gasteiger partial charge in [0.2, 0.25) is 5.91 Å². The summed E-state index contributed by atoms with van der Waals surface area (Å²) >= 11 is 1.70. The van der Waals surface area contributed by atoms with E-state index in [-0.39, 0.29) is 12.0 Å². The smallest absolute Gasteiger partial charge is 0.222 e. The lowest BCUT2D eigenvalue weighted by molar-refractivity contribution is -0.128. The maximum atomic E-state index is 11.7. The first-order chi connectivity index (χ1) is 14.1. The summed E-state index contributed by atoms with van der Waals surface area (Å²) in [6.07, 6.45) is 4.82. The lowest BCUT2D eigenvalue weighted by Crippen LogP contribution is -2.21. The van der Waals surface area contributed by atoms with E-state index >= 15 is 0 Å². The van der Waals surface area contributed by atoms with Gasteiger partial charge in [0.1, 0.15) is 5.75 Å². The summed E-state index contributed by atoms with van der Waals surface area (Å²) in [4.78, 5) is 13.3. The van der Waals surface area contributed by atoms with Crippen LogP contribution in [-0.4, -0.2) is 65.2 Å². The van der Waals surface area contributed by atoms with Crippen molar-refractivity contribution in [1.29, 1.82) is 0 Å². The summed E-state index contributed by atoms with van der Waals surface area (Å²) < 4.78 is 13.3. The molecular formula is C21H30N4O3S. The number of unbranched alkanes of at least 4 members (excludes halogenated alkanes) is 1. The molecule has 0 N–H and O–H groups in total. The molecule has 1 atom stereocenters. The number of ether oxygens (including phenoxy) is 2. The number of rotatable bonds is 10. The van der Waals surface area contributed by atoms with Gasteiger partial charge in [-0.05, 0) is 49.9 Å². The van der Waals surface area contributed by atoms with Crippen molar-refractivity contribution in [1.82, 2.24) is 19.7 Å². The number of benzene rings is 1. The van der Waals surface area contributed by atoms with Gasteiger partial charge in [-0.15, -0.1) is 10.2 Å². The number of hydrogen-bond donors (Lipinski definition) is 0. The minimum atomic E-state index is 0.179. The summed E-state index contributed by atoms with van der Waals surface area (Å²) in [5, 5.41) is 9.83. The first-order valence-electron chi connectivity index (χ1n) is 10.1. The molecule has 8 heteroatoms. The molecule has 1 unspecified atom stereocenters. The fourth-order valence-corrected chi connectivity index (χ4v) is 4.22. The molecule has 1 saturated heterocycles. The predicted molar refractivity (Wildman–Crippen MR) is 114 cm³/mol. The third-order valence-electron chi connectivity index (χ3n) is 4.99. The van der Waals surface area contributed by atoms with Crippen molar-refractivity contribution in [2.45, 2.75) is 49.9 Å². The van der Waals surface area contributed by atoms with Gasteiger partial charge in [0.05, 0.1) is 19.8 Å². The van der Waals surface area contributed by atoms with Gasteiger partial charge < -0.3 is 14.4 Å². The van der Waals surface area contributed by atoms with Crippen LogP contribution in [0.5, 0.6) is 5.75 Å². The third kappa shape index (κ3) is 5.96. The second-order valence-electron chi connectivity index (χ2n) is 7.37. The van der Waals surface area contributed by atoms with Crippen LogP contribution in [-0.2, 0) is 16.1 Å². The quantitative estimate of drug-likeness (QED) is 0.435. The number of carbonyl (C=O) groups excluding carboxylic acids is 1.